The van der Waals surface area contributed by atoms with Gasteiger partial charge in [-0.1, -0.05) is 0 Å². The lowest BCUT2D eigenvalue weighted by atomic mass is 10.2. The number of rotatable bonds is 6. The Morgan fingerprint density at radius 1 is 1.33 bits per heavy atom. The Hall–Kier alpha value is -2.29. The molecule has 1 amide bonds. The van der Waals surface area contributed by atoms with Gasteiger partial charge in [-0.3, -0.25) is 0 Å². The molecule has 21 heavy (non-hydrogen) atoms. The molecule has 0 aromatic carbocycles. The molecule has 0 spiro atoms. The van der Waals surface area contributed by atoms with Crippen LogP contribution in [0.1, 0.15) is 39.2 Å². The number of ether oxygens (including phenoxy) is 1. The molecule has 0 saturated heterocycles. The lowest BCUT2D eigenvalue weighted by Crippen LogP contribution is -2.33. The van der Waals surface area contributed by atoms with Crippen LogP contribution in [-0.2, 0) is 4.74 Å². The van der Waals surface area contributed by atoms with Crippen molar-refractivity contribution < 1.29 is 9.53 Å². The second kappa shape index (κ2) is 8.10. The highest BCUT2D eigenvalue weighted by atomic mass is 16.6. The van der Waals surface area contributed by atoms with Gasteiger partial charge in [-0.25, -0.2) is 9.78 Å². The molecule has 2 N–H and O–H groups in total. The van der Waals surface area contributed by atoms with E-state index in [-0.39, 0.29) is 6.09 Å². The van der Waals surface area contributed by atoms with Crippen LogP contribution in [0.2, 0.25) is 0 Å². The molecule has 0 saturated carbocycles. The number of nitrogens with one attached hydrogen (secondary N) is 2. The van der Waals surface area contributed by atoms with Crippen molar-refractivity contribution in [3.05, 3.63) is 23.9 Å². The maximum atomic E-state index is 11.4. The van der Waals surface area contributed by atoms with Gasteiger partial charge >= 0.3 is 6.09 Å². The molecule has 1 aromatic heterocycles. The topological polar surface area (TPSA) is 87.0 Å². The number of nitrogens with zero attached hydrogens (tertiary/aromatic N) is 2. The molecule has 0 atom stereocenters. The van der Waals surface area contributed by atoms with E-state index in [1.807, 2.05) is 26.8 Å². The van der Waals surface area contributed by atoms with Crippen LogP contribution in [-0.4, -0.2) is 29.8 Å². The average Bonchev–Trinajstić information content (AvgIpc) is 2.41. The molecule has 1 heterocycles. The third kappa shape index (κ3) is 7.78. The van der Waals surface area contributed by atoms with Gasteiger partial charge in [0.25, 0.3) is 0 Å². The molecule has 1 aromatic rings. The Bertz CT molecular complexity index is 486. The van der Waals surface area contributed by atoms with Gasteiger partial charge in [0.2, 0.25) is 0 Å². The van der Waals surface area contributed by atoms with Crippen molar-refractivity contribution in [3.8, 4) is 6.07 Å². The van der Waals surface area contributed by atoms with Crippen LogP contribution in [0.3, 0.4) is 0 Å². The maximum absolute atomic E-state index is 11.4. The van der Waals surface area contributed by atoms with Crippen LogP contribution in [0.25, 0.3) is 0 Å². The fraction of sp³-hybridized carbons (Fsp3) is 0.533. The van der Waals surface area contributed by atoms with E-state index in [4.69, 9.17) is 10.00 Å². The number of carbonyl (C=O) groups excluding carboxylic acids is 1. The number of aromatic nitrogens is 1. The predicted molar refractivity (Wildman–Crippen MR) is 80.9 cm³/mol. The smallest absolute Gasteiger partial charge is 0.407 e. The van der Waals surface area contributed by atoms with Crippen molar-refractivity contribution in [2.24, 2.45) is 0 Å². The van der Waals surface area contributed by atoms with Crippen LogP contribution in [0.15, 0.2) is 18.3 Å². The van der Waals surface area contributed by atoms with E-state index in [0.717, 1.165) is 25.2 Å². The minimum atomic E-state index is -0.465. The molecule has 114 valence electrons. The molecule has 0 bridgehead atoms. The second-order valence-corrected chi connectivity index (χ2v) is 5.61. The van der Waals surface area contributed by atoms with Gasteiger partial charge in [0.05, 0.1) is 5.56 Å². The van der Waals surface area contributed by atoms with Crippen LogP contribution in [0.4, 0.5) is 10.6 Å². The summed E-state index contributed by atoms with van der Waals surface area (Å²) in [6, 6.07) is 5.52. The van der Waals surface area contributed by atoms with Crippen molar-refractivity contribution in [1.82, 2.24) is 10.3 Å². The normalized spacial score (nSPS) is 10.6. The summed E-state index contributed by atoms with van der Waals surface area (Å²) in [5.74, 6) is 0.745. The Labute approximate surface area is 125 Å². The zero-order chi connectivity index (χ0) is 15.7. The molecule has 0 radical (unpaired) electrons. The Morgan fingerprint density at radius 3 is 2.62 bits per heavy atom. The number of hydrogen-bond acceptors (Lipinski definition) is 5. The number of nitriles is 1. The molecule has 0 fully saturated rings. The van der Waals surface area contributed by atoms with Crippen LogP contribution >= 0.6 is 0 Å². The van der Waals surface area contributed by atoms with E-state index in [1.54, 1.807) is 12.1 Å². The quantitative estimate of drug-likeness (QED) is 0.786. The number of amides is 1. The zero-order valence-corrected chi connectivity index (χ0v) is 12.8. The summed E-state index contributed by atoms with van der Waals surface area (Å²) in [7, 11) is 0. The first-order valence-corrected chi connectivity index (χ1v) is 6.97. The maximum Gasteiger partial charge on any atom is 0.407 e. The molecule has 1 rings (SSSR count). The third-order valence-corrected chi connectivity index (χ3v) is 2.47. The van der Waals surface area contributed by atoms with E-state index in [1.165, 1.54) is 6.20 Å². The van der Waals surface area contributed by atoms with E-state index < -0.39 is 5.60 Å². The largest absolute Gasteiger partial charge is 0.444 e. The van der Waals surface area contributed by atoms with Crippen molar-refractivity contribution >= 4 is 11.9 Å². The van der Waals surface area contributed by atoms with Gasteiger partial charge in [-0.15, -0.1) is 0 Å². The molecule has 0 unspecified atom stereocenters. The Kier molecular flexibility index (Phi) is 6.47. The molecule has 0 aliphatic carbocycles. The second-order valence-electron chi connectivity index (χ2n) is 5.61. The third-order valence-electron chi connectivity index (χ3n) is 2.47. The monoisotopic (exact) mass is 290 g/mol. The van der Waals surface area contributed by atoms with Crippen molar-refractivity contribution in [1.29, 1.82) is 5.26 Å². The first kappa shape index (κ1) is 16.8. The van der Waals surface area contributed by atoms with Gasteiger partial charge in [0.1, 0.15) is 17.5 Å². The summed E-state index contributed by atoms with van der Waals surface area (Å²) >= 11 is 0. The fourth-order valence-electron chi connectivity index (χ4n) is 1.54. The summed E-state index contributed by atoms with van der Waals surface area (Å²) in [6.07, 6.45) is 2.90. The Balaban J connectivity index is 2.09. The van der Waals surface area contributed by atoms with Gasteiger partial charge < -0.3 is 15.4 Å². The van der Waals surface area contributed by atoms with Gasteiger partial charge in [-0.05, 0) is 45.7 Å². The highest BCUT2D eigenvalue weighted by Crippen LogP contribution is 2.06. The van der Waals surface area contributed by atoms with E-state index in [2.05, 4.69) is 15.6 Å². The lowest BCUT2D eigenvalue weighted by molar-refractivity contribution is 0.0527. The first-order valence-electron chi connectivity index (χ1n) is 6.97. The number of carbonyl (C=O) groups is 1. The first-order chi connectivity index (χ1) is 9.90. The average molecular weight is 290 g/mol. The van der Waals surface area contributed by atoms with Crippen molar-refractivity contribution in [2.45, 2.75) is 39.2 Å². The van der Waals surface area contributed by atoms with Crippen molar-refractivity contribution in [3.63, 3.8) is 0 Å². The highest BCUT2D eigenvalue weighted by molar-refractivity contribution is 5.67. The number of unbranched alkanes of at least 4 members (excludes halogenated alkanes) is 1. The minimum Gasteiger partial charge on any atom is -0.444 e. The molecule has 6 heteroatoms. The number of pyridine rings is 1. The summed E-state index contributed by atoms with van der Waals surface area (Å²) in [6.45, 7) is 6.84. The standard InChI is InChI=1S/C15H22N4O2/c1-15(2,3)21-14(20)18-9-5-4-8-17-13-7-6-12(10-16)11-19-13/h6-7,11H,4-5,8-9H2,1-3H3,(H,17,19)(H,18,20). The molecular weight excluding hydrogens is 268 g/mol. The van der Waals surface area contributed by atoms with Crippen molar-refractivity contribution in [2.75, 3.05) is 18.4 Å². The highest BCUT2D eigenvalue weighted by Gasteiger charge is 2.15. The molecule has 0 aliphatic rings. The van der Waals surface area contributed by atoms with Gasteiger partial charge in [0, 0.05) is 19.3 Å². The molecule has 6 nitrogen and oxygen atoms in total. The molecule has 0 aliphatic heterocycles. The Morgan fingerprint density at radius 2 is 2.05 bits per heavy atom. The summed E-state index contributed by atoms with van der Waals surface area (Å²) < 4.78 is 5.13. The van der Waals surface area contributed by atoms with Gasteiger partial charge in [0.15, 0.2) is 0 Å². The lowest BCUT2D eigenvalue weighted by Gasteiger charge is -2.19. The fourth-order valence-corrected chi connectivity index (χ4v) is 1.54. The predicted octanol–water partition coefficient (Wildman–Crippen LogP) is 2.67. The number of alkyl carbamates (subject to hydrolysis) is 1. The van der Waals surface area contributed by atoms with E-state index >= 15 is 0 Å². The minimum absolute atomic E-state index is 0.385. The van der Waals surface area contributed by atoms with Crippen LogP contribution in [0.5, 0.6) is 0 Å². The van der Waals surface area contributed by atoms with E-state index in [9.17, 15) is 4.79 Å². The number of hydrogen-bond donors (Lipinski definition) is 2. The summed E-state index contributed by atoms with van der Waals surface area (Å²) in [5, 5.41) is 14.5. The van der Waals surface area contributed by atoms with Gasteiger partial charge in [-0.2, -0.15) is 5.26 Å². The van der Waals surface area contributed by atoms with Crippen LogP contribution < -0.4 is 10.6 Å². The summed E-state index contributed by atoms with van der Waals surface area (Å²) in [4.78, 5) is 15.5. The summed E-state index contributed by atoms with van der Waals surface area (Å²) in [5.41, 5.74) is 0.0782. The molecular formula is C15H22N4O2. The zero-order valence-electron chi connectivity index (χ0n) is 12.8. The number of anilines is 1. The SMILES string of the molecule is CC(C)(C)OC(=O)NCCCCNc1ccc(C#N)cn1. The van der Waals surface area contributed by atoms with E-state index in [0.29, 0.717) is 12.1 Å². The van der Waals surface area contributed by atoms with Crippen LogP contribution in [0, 0.1) is 11.3 Å².